The third-order valence-electron chi connectivity index (χ3n) is 8.07. The van der Waals surface area contributed by atoms with Crippen LogP contribution in [-0.4, -0.2) is 68.3 Å². The van der Waals surface area contributed by atoms with E-state index in [1.165, 1.54) is 29.2 Å². The number of rotatable bonds is 12. The number of hydrogen-bond donors (Lipinski definition) is 4. The predicted molar refractivity (Wildman–Crippen MR) is 188 cm³/mol. The lowest BCUT2D eigenvalue weighted by molar-refractivity contribution is -0.159. The van der Waals surface area contributed by atoms with Gasteiger partial charge in [0.05, 0.1) is 0 Å². The number of benzene rings is 3. The maximum absolute atomic E-state index is 14.8. The molecule has 3 aromatic carbocycles. The number of phenols is 2. The smallest absolute Gasteiger partial charge is 0.408 e. The summed E-state index contributed by atoms with van der Waals surface area (Å²) in [6, 6.07) is 17.6. The van der Waals surface area contributed by atoms with Crippen molar-refractivity contribution < 1.29 is 38.9 Å². The van der Waals surface area contributed by atoms with Crippen LogP contribution in [0.3, 0.4) is 0 Å². The van der Waals surface area contributed by atoms with Crippen LogP contribution < -0.4 is 10.6 Å². The molecule has 0 saturated heterocycles. The number of ether oxygens (including phenoxy) is 2. The second kappa shape index (κ2) is 15.7. The molecule has 1 saturated carbocycles. The van der Waals surface area contributed by atoms with E-state index in [0.29, 0.717) is 17.5 Å². The maximum atomic E-state index is 14.8. The molecular weight excluding hydrogens is 638 g/mol. The Morgan fingerprint density at radius 3 is 1.76 bits per heavy atom. The van der Waals surface area contributed by atoms with E-state index in [-0.39, 0.29) is 36.3 Å². The number of amides is 3. The van der Waals surface area contributed by atoms with Crippen molar-refractivity contribution in [2.24, 2.45) is 5.92 Å². The van der Waals surface area contributed by atoms with Crippen molar-refractivity contribution in [3.63, 3.8) is 0 Å². The summed E-state index contributed by atoms with van der Waals surface area (Å²) < 4.78 is 11.2. The highest BCUT2D eigenvalue weighted by Gasteiger charge is 2.48. The van der Waals surface area contributed by atoms with Crippen LogP contribution in [0.25, 0.3) is 0 Å². The predicted octanol–water partition coefficient (Wildman–Crippen LogP) is 5.58. The first-order valence-corrected chi connectivity index (χ1v) is 16.9. The summed E-state index contributed by atoms with van der Waals surface area (Å²) in [5.41, 5.74) is 0.178. The van der Waals surface area contributed by atoms with Gasteiger partial charge in [0, 0.05) is 18.9 Å². The molecule has 11 heteroatoms. The highest BCUT2D eigenvalue weighted by Crippen LogP contribution is 2.41. The molecule has 50 heavy (non-hydrogen) atoms. The summed E-state index contributed by atoms with van der Waals surface area (Å²) in [7, 11) is 0. The molecule has 268 valence electrons. The van der Waals surface area contributed by atoms with Gasteiger partial charge >= 0.3 is 12.1 Å². The van der Waals surface area contributed by atoms with Crippen LogP contribution in [0, 0.1) is 5.92 Å². The van der Waals surface area contributed by atoms with Crippen LogP contribution >= 0.6 is 0 Å². The number of esters is 1. The van der Waals surface area contributed by atoms with Crippen molar-refractivity contribution in [1.29, 1.82) is 0 Å². The molecule has 0 heterocycles. The summed E-state index contributed by atoms with van der Waals surface area (Å²) in [6.45, 7) is 12.3. The Morgan fingerprint density at radius 2 is 1.24 bits per heavy atom. The number of aromatic hydroxyl groups is 2. The average molecular weight is 688 g/mol. The lowest BCUT2D eigenvalue weighted by atomic mass is 9.98. The summed E-state index contributed by atoms with van der Waals surface area (Å²) in [5.74, 6) is -1.75. The van der Waals surface area contributed by atoms with Crippen LogP contribution in [0.4, 0.5) is 4.79 Å². The summed E-state index contributed by atoms with van der Waals surface area (Å²) in [5, 5.41) is 25.6. The number of carbonyl (C=O) groups is 4. The van der Waals surface area contributed by atoms with Crippen LogP contribution in [-0.2, 0) is 36.7 Å². The van der Waals surface area contributed by atoms with E-state index >= 15 is 0 Å². The van der Waals surface area contributed by atoms with Crippen LogP contribution in [0.1, 0.15) is 77.6 Å². The maximum Gasteiger partial charge on any atom is 0.408 e. The molecule has 1 fully saturated rings. The van der Waals surface area contributed by atoms with Gasteiger partial charge < -0.3 is 35.2 Å². The minimum Gasteiger partial charge on any atom is -0.508 e. The van der Waals surface area contributed by atoms with Crippen LogP contribution in [0.5, 0.6) is 11.5 Å². The van der Waals surface area contributed by atoms with Gasteiger partial charge in [-0.05, 0) is 94.8 Å². The molecule has 0 spiro atoms. The van der Waals surface area contributed by atoms with Gasteiger partial charge in [-0.2, -0.15) is 0 Å². The lowest BCUT2D eigenvalue weighted by Crippen LogP contribution is -2.56. The fourth-order valence-corrected chi connectivity index (χ4v) is 5.63. The minimum atomic E-state index is -1.25. The summed E-state index contributed by atoms with van der Waals surface area (Å²) in [6.07, 6.45) is -0.0295. The second-order valence-corrected chi connectivity index (χ2v) is 14.9. The number of hydrogen-bond acceptors (Lipinski definition) is 8. The minimum absolute atomic E-state index is 0.0296. The molecule has 11 nitrogen and oxygen atoms in total. The van der Waals surface area contributed by atoms with E-state index in [0.717, 1.165) is 5.56 Å². The monoisotopic (exact) mass is 687 g/mol. The van der Waals surface area contributed by atoms with E-state index in [4.69, 9.17) is 9.47 Å². The molecule has 0 bridgehead atoms. The Kier molecular flexibility index (Phi) is 11.8. The quantitative estimate of drug-likeness (QED) is 0.180. The zero-order chi connectivity index (χ0) is 36.8. The SMILES string of the molecule is CC1CC1N(C(=O)C(Cc1ccc(O)cc1)NC(=O)OC(C)(C)C)C(C(=O)NC(Cc1ccccc1)C(=O)OC(C)(C)C)c1ccc(O)cc1. The van der Waals surface area contributed by atoms with E-state index < -0.39 is 53.2 Å². The Morgan fingerprint density at radius 1 is 0.740 bits per heavy atom. The van der Waals surface area contributed by atoms with Gasteiger partial charge in [-0.3, -0.25) is 9.59 Å². The number of nitrogens with one attached hydrogen (secondary N) is 2. The lowest BCUT2D eigenvalue weighted by Gasteiger charge is -2.36. The molecular formula is C39H49N3O8. The van der Waals surface area contributed by atoms with Gasteiger partial charge in [-0.25, -0.2) is 9.59 Å². The fraction of sp³-hybridized carbons (Fsp3) is 0.436. The van der Waals surface area contributed by atoms with Gasteiger partial charge in [-0.15, -0.1) is 0 Å². The third-order valence-corrected chi connectivity index (χ3v) is 8.07. The summed E-state index contributed by atoms with van der Waals surface area (Å²) >= 11 is 0. The Hall–Kier alpha value is -5.06. The highest BCUT2D eigenvalue weighted by atomic mass is 16.6. The fourth-order valence-electron chi connectivity index (χ4n) is 5.63. The largest absolute Gasteiger partial charge is 0.508 e. The highest BCUT2D eigenvalue weighted by molar-refractivity contribution is 5.94. The Labute approximate surface area is 294 Å². The van der Waals surface area contributed by atoms with E-state index in [1.807, 2.05) is 37.3 Å². The zero-order valence-corrected chi connectivity index (χ0v) is 29.8. The van der Waals surface area contributed by atoms with Gasteiger partial charge in [0.2, 0.25) is 11.8 Å². The first kappa shape index (κ1) is 37.8. The van der Waals surface area contributed by atoms with Crippen molar-refractivity contribution in [3.8, 4) is 11.5 Å². The molecule has 1 aliphatic rings. The molecule has 4 N–H and O–H groups in total. The Balaban J connectivity index is 1.76. The van der Waals surface area contributed by atoms with Crippen molar-refractivity contribution in [2.45, 2.75) is 103 Å². The second-order valence-electron chi connectivity index (χ2n) is 14.9. The molecule has 0 aliphatic heterocycles. The number of alkyl carbamates (subject to hydrolysis) is 1. The van der Waals surface area contributed by atoms with Gasteiger partial charge in [0.25, 0.3) is 0 Å². The Bertz CT molecular complexity index is 1630. The van der Waals surface area contributed by atoms with E-state index in [1.54, 1.807) is 65.8 Å². The molecule has 0 aromatic heterocycles. The molecule has 3 amide bonds. The van der Waals surface area contributed by atoms with E-state index in [9.17, 15) is 29.4 Å². The molecule has 5 unspecified atom stereocenters. The van der Waals surface area contributed by atoms with Gasteiger partial charge in [0.1, 0.15) is 40.8 Å². The number of phenolic OH excluding ortho intramolecular Hbond substituents is 2. The number of carbonyl (C=O) groups excluding carboxylic acids is 4. The molecule has 0 radical (unpaired) electrons. The van der Waals surface area contributed by atoms with Gasteiger partial charge in [-0.1, -0.05) is 61.5 Å². The van der Waals surface area contributed by atoms with E-state index in [2.05, 4.69) is 10.6 Å². The average Bonchev–Trinajstić information content (AvgIpc) is 3.74. The first-order valence-electron chi connectivity index (χ1n) is 16.9. The summed E-state index contributed by atoms with van der Waals surface area (Å²) in [4.78, 5) is 57.5. The van der Waals surface area contributed by atoms with Crippen molar-refractivity contribution in [2.75, 3.05) is 0 Å². The standard InChI is InChI=1S/C39H49N3O8/c1-24-21-32(24)42(35(46)30(41-37(48)50-39(5,6)7)22-26-13-17-28(43)18-14-26)33(27-15-19-29(44)20-16-27)34(45)40-31(36(47)49-38(2,3)4)23-25-11-9-8-10-12-25/h8-20,24,30-33,43-44H,21-23H2,1-7H3,(H,40,45)(H,41,48). The van der Waals surface area contributed by atoms with Crippen molar-refractivity contribution in [1.82, 2.24) is 15.5 Å². The zero-order valence-electron chi connectivity index (χ0n) is 29.8. The topological polar surface area (TPSA) is 154 Å². The van der Waals surface area contributed by atoms with Crippen molar-refractivity contribution >= 4 is 23.9 Å². The molecule has 4 rings (SSSR count). The first-order chi connectivity index (χ1) is 23.4. The van der Waals surface area contributed by atoms with Gasteiger partial charge in [0.15, 0.2) is 0 Å². The van der Waals surface area contributed by atoms with Crippen LogP contribution in [0.2, 0.25) is 0 Å². The molecule has 3 aromatic rings. The molecule has 1 aliphatic carbocycles. The number of nitrogens with zero attached hydrogens (tertiary/aromatic N) is 1. The van der Waals surface area contributed by atoms with Crippen molar-refractivity contribution in [3.05, 3.63) is 95.6 Å². The third kappa shape index (κ3) is 11.0. The molecule has 5 atom stereocenters. The normalized spacial score (nSPS) is 17.4. The van der Waals surface area contributed by atoms with Crippen LogP contribution in [0.15, 0.2) is 78.9 Å².